The zero-order valence-corrected chi connectivity index (χ0v) is 15.0. The lowest BCUT2D eigenvalue weighted by Crippen LogP contribution is -2.49. The van der Waals surface area contributed by atoms with Crippen LogP contribution >= 0.6 is 0 Å². The Morgan fingerprint density at radius 2 is 1.60 bits per heavy atom. The second-order valence-electron chi connectivity index (χ2n) is 6.62. The number of carbonyl (C=O) groups excluding carboxylic acids is 1. The summed E-state index contributed by atoms with van der Waals surface area (Å²) in [5, 5.41) is 2.99. The minimum atomic E-state index is -0.0167. The Balaban J connectivity index is 1.48. The van der Waals surface area contributed by atoms with Gasteiger partial charge < -0.3 is 15.1 Å². The molecule has 1 saturated heterocycles. The normalized spacial score (nSPS) is 15.0. The van der Waals surface area contributed by atoms with Gasteiger partial charge in [0.15, 0.2) is 0 Å². The molecule has 3 rings (SSSR count). The molecule has 1 N–H and O–H groups in total. The summed E-state index contributed by atoms with van der Waals surface area (Å²) in [5.74, 6) is 0. The third kappa shape index (κ3) is 4.73. The molecule has 0 saturated carbocycles. The van der Waals surface area contributed by atoms with Crippen molar-refractivity contribution in [3.63, 3.8) is 0 Å². The molecule has 2 aromatic carbocycles. The SMILES string of the molecule is CN(C)c1ccc(NC(=O)N2CCN(Cc3ccccc3)CC2)cc1. The summed E-state index contributed by atoms with van der Waals surface area (Å²) in [6, 6.07) is 18.4. The predicted octanol–water partition coefficient (Wildman–Crippen LogP) is 3.10. The van der Waals surface area contributed by atoms with Crippen LogP contribution in [0.5, 0.6) is 0 Å². The zero-order valence-electron chi connectivity index (χ0n) is 15.0. The molecule has 1 heterocycles. The molecule has 25 heavy (non-hydrogen) atoms. The van der Waals surface area contributed by atoms with E-state index in [0.717, 1.165) is 44.1 Å². The number of hydrogen-bond acceptors (Lipinski definition) is 3. The maximum atomic E-state index is 12.4. The zero-order chi connectivity index (χ0) is 17.6. The minimum absolute atomic E-state index is 0.0167. The van der Waals surface area contributed by atoms with E-state index in [4.69, 9.17) is 0 Å². The van der Waals surface area contributed by atoms with E-state index in [0.29, 0.717) is 0 Å². The van der Waals surface area contributed by atoms with Crippen LogP contribution in [0.1, 0.15) is 5.56 Å². The van der Waals surface area contributed by atoms with Crippen LogP contribution in [0.15, 0.2) is 54.6 Å². The van der Waals surface area contributed by atoms with Crippen molar-refractivity contribution in [1.29, 1.82) is 0 Å². The van der Waals surface area contributed by atoms with Crippen molar-refractivity contribution in [2.45, 2.75) is 6.54 Å². The van der Waals surface area contributed by atoms with Crippen LogP contribution in [0.3, 0.4) is 0 Å². The molecule has 1 fully saturated rings. The largest absolute Gasteiger partial charge is 0.378 e. The number of rotatable bonds is 4. The van der Waals surface area contributed by atoms with Gasteiger partial charge in [-0.3, -0.25) is 4.90 Å². The molecule has 0 aliphatic carbocycles. The third-order valence-electron chi connectivity index (χ3n) is 4.54. The number of nitrogens with zero attached hydrogens (tertiary/aromatic N) is 3. The fraction of sp³-hybridized carbons (Fsp3) is 0.350. The predicted molar refractivity (Wildman–Crippen MR) is 103 cm³/mol. The summed E-state index contributed by atoms with van der Waals surface area (Å²) in [5.41, 5.74) is 3.27. The lowest BCUT2D eigenvalue weighted by atomic mass is 10.2. The first-order valence-electron chi connectivity index (χ1n) is 8.71. The average molecular weight is 338 g/mol. The Morgan fingerprint density at radius 1 is 0.960 bits per heavy atom. The van der Waals surface area contributed by atoms with Crippen molar-refractivity contribution in [1.82, 2.24) is 9.80 Å². The van der Waals surface area contributed by atoms with E-state index in [1.165, 1.54) is 5.56 Å². The summed E-state index contributed by atoms with van der Waals surface area (Å²) >= 11 is 0. The fourth-order valence-corrected chi connectivity index (χ4v) is 3.00. The van der Waals surface area contributed by atoms with Crippen molar-refractivity contribution in [2.75, 3.05) is 50.5 Å². The van der Waals surface area contributed by atoms with Gasteiger partial charge in [-0.25, -0.2) is 4.79 Å². The van der Waals surface area contributed by atoms with Crippen LogP contribution in [0, 0.1) is 0 Å². The number of carbonyl (C=O) groups is 1. The Bertz CT molecular complexity index is 677. The molecule has 0 radical (unpaired) electrons. The quantitative estimate of drug-likeness (QED) is 0.931. The molecular formula is C20H26N4O. The molecule has 1 aliphatic rings. The van der Waals surface area contributed by atoms with E-state index in [2.05, 4.69) is 34.5 Å². The molecular weight excluding hydrogens is 312 g/mol. The van der Waals surface area contributed by atoms with Crippen LogP contribution in [0.25, 0.3) is 0 Å². The number of anilines is 2. The smallest absolute Gasteiger partial charge is 0.321 e. The first kappa shape index (κ1) is 17.3. The Morgan fingerprint density at radius 3 is 2.20 bits per heavy atom. The van der Waals surface area contributed by atoms with E-state index in [-0.39, 0.29) is 6.03 Å². The molecule has 0 spiro atoms. The van der Waals surface area contributed by atoms with Gasteiger partial charge in [0.2, 0.25) is 0 Å². The molecule has 132 valence electrons. The van der Waals surface area contributed by atoms with E-state index in [1.807, 2.05) is 54.2 Å². The Kier molecular flexibility index (Phi) is 5.56. The van der Waals surface area contributed by atoms with Gasteiger partial charge in [-0.05, 0) is 29.8 Å². The van der Waals surface area contributed by atoms with E-state index < -0.39 is 0 Å². The standard InChI is InChI=1S/C20H26N4O/c1-22(2)19-10-8-18(9-11-19)21-20(25)24-14-12-23(13-15-24)16-17-6-4-3-5-7-17/h3-11H,12-16H2,1-2H3,(H,21,25). The summed E-state index contributed by atoms with van der Waals surface area (Å²) in [4.78, 5) is 18.8. The average Bonchev–Trinajstić information content (AvgIpc) is 2.63. The molecule has 1 aliphatic heterocycles. The summed E-state index contributed by atoms with van der Waals surface area (Å²) < 4.78 is 0. The number of urea groups is 1. The van der Waals surface area contributed by atoms with Crippen molar-refractivity contribution in [3.8, 4) is 0 Å². The van der Waals surface area contributed by atoms with Gasteiger partial charge in [-0.15, -0.1) is 0 Å². The van der Waals surface area contributed by atoms with Gasteiger partial charge in [-0.1, -0.05) is 30.3 Å². The van der Waals surface area contributed by atoms with Crippen LogP contribution in [0.4, 0.5) is 16.2 Å². The highest BCUT2D eigenvalue weighted by Gasteiger charge is 2.21. The maximum absolute atomic E-state index is 12.4. The minimum Gasteiger partial charge on any atom is -0.378 e. The van der Waals surface area contributed by atoms with Gasteiger partial charge in [0.1, 0.15) is 0 Å². The fourth-order valence-electron chi connectivity index (χ4n) is 3.00. The van der Waals surface area contributed by atoms with Crippen molar-refractivity contribution in [2.24, 2.45) is 0 Å². The Labute approximate surface area is 149 Å². The van der Waals surface area contributed by atoms with Crippen molar-refractivity contribution < 1.29 is 4.79 Å². The second-order valence-corrected chi connectivity index (χ2v) is 6.62. The number of nitrogens with one attached hydrogen (secondary N) is 1. The van der Waals surface area contributed by atoms with Gasteiger partial charge in [0, 0.05) is 58.2 Å². The molecule has 5 heteroatoms. The first-order valence-corrected chi connectivity index (χ1v) is 8.71. The topological polar surface area (TPSA) is 38.8 Å². The van der Waals surface area contributed by atoms with Crippen LogP contribution in [0.2, 0.25) is 0 Å². The molecule has 0 unspecified atom stereocenters. The molecule has 0 atom stereocenters. The number of hydrogen-bond donors (Lipinski definition) is 1. The first-order chi connectivity index (χ1) is 12.1. The van der Waals surface area contributed by atoms with Crippen LogP contribution in [-0.2, 0) is 6.54 Å². The number of amides is 2. The maximum Gasteiger partial charge on any atom is 0.321 e. The van der Waals surface area contributed by atoms with Crippen molar-refractivity contribution in [3.05, 3.63) is 60.2 Å². The highest BCUT2D eigenvalue weighted by atomic mass is 16.2. The lowest BCUT2D eigenvalue weighted by molar-refractivity contribution is 0.143. The summed E-state index contributed by atoms with van der Waals surface area (Å²) in [6.45, 7) is 4.27. The molecule has 2 aromatic rings. The van der Waals surface area contributed by atoms with Crippen molar-refractivity contribution >= 4 is 17.4 Å². The summed E-state index contributed by atoms with van der Waals surface area (Å²) in [6.07, 6.45) is 0. The molecule has 0 bridgehead atoms. The van der Waals surface area contributed by atoms with E-state index in [9.17, 15) is 4.79 Å². The van der Waals surface area contributed by atoms with E-state index >= 15 is 0 Å². The highest BCUT2D eigenvalue weighted by Crippen LogP contribution is 2.16. The highest BCUT2D eigenvalue weighted by molar-refractivity contribution is 5.89. The molecule has 5 nitrogen and oxygen atoms in total. The van der Waals surface area contributed by atoms with Gasteiger partial charge in [0.05, 0.1) is 0 Å². The van der Waals surface area contributed by atoms with E-state index in [1.54, 1.807) is 0 Å². The monoisotopic (exact) mass is 338 g/mol. The number of benzene rings is 2. The number of piperazine rings is 1. The van der Waals surface area contributed by atoms with Crippen LogP contribution < -0.4 is 10.2 Å². The second kappa shape index (κ2) is 8.03. The molecule has 2 amide bonds. The van der Waals surface area contributed by atoms with Gasteiger partial charge in [0.25, 0.3) is 0 Å². The summed E-state index contributed by atoms with van der Waals surface area (Å²) in [7, 11) is 4.00. The van der Waals surface area contributed by atoms with Gasteiger partial charge >= 0.3 is 6.03 Å². The lowest BCUT2D eigenvalue weighted by Gasteiger charge is -2.34. The Hall–Kier alpha value is -2.53. The molecule has 0 aromatic heterocycles. The van der Waals surface area contributed by atoms with Crippen LogP contribution in [-0.4, -0.2) is 56.1 Å². The van der Waals surface area contributed by atoms with Gasteiger partial charge in [-0.2, -0.15) is 0 Å². The third-order valence-corrected chi connectivity index (χ3v) is 4.54.